The Bertz CT molecular complexity index is 887. The molecule has 1 aliphatic heterocycles. The van der Waals surface area contributed by atoms with E-state index >= 15 is 0 Å². The van der Waals surface area contributed by atoms with Gasteiger partial charge in [-0.3, -0.25) is 9.69 Å². The SMILES string of the molecule is C=CCN1C(=O)/C(=C\c2ccc(OCC)cc2)SC1=Nc1nnc(CC)s1. The maximum Gasteiger partial charge on any atom is 0.267 e. The molecule has 0 bridgehead atoms. The van der Waals surface area contributed by atoms with E-state index in [9.17, 15) is 4.79 Å². The van der Waals surface area contributed by atoms with Gasteiger partial charge in [0.05, 0.1) is 11.5 Å². The Balaban J connectivity index is 1.86. The third kappa shape index (κ3) is 4.64. The van der Waals surface area contributed by atoms with Gasteiger partial charge in [-0.25, -0.2) is 0 Å². The van der Waals surface area contributed by atoms with Crippen LogP contribution in [0.1, 0.15) is 24.4 Å². The number of aryl methyl sites for hydroxylation is 1. The van der Waals surface area contributed by atoms with Crippen LogP contribution in [0.4, 0.5) is 5.13 Å². The highest BCUT2D eigenvalue weighted by molar-refractivity contribution is 8.18. The van der Waals surface area contributed by atoms with Gasteiger partial charge in [-0.1, -0.05) is 36.5 Å². The number of amidine groups is 1. The summed E-state index contributed by atoms with van der Waals surface area (Å²) in [5.41, 5.74) is 0.929. The summed E-state index contributed by atoms with van der Waals surface area (Å²) in [6.45, 7) is 8.72. The number of hydrogen-bond donors (Lipinski definition) is 0. The van der Waals surface area contributed by atoms with Crippen molar-refractivity contribution in [3.8, 4) is 5.75 Å². The van der Waals surface area contributed by atoms with Gasteiger partial charge in [0.25, 0.3) is 5.91 Å². The quantitative estimate of drug-likeness (QED) is 0.512. The molecule has 2 heterocycles. The van der Waals surface area contributed by atoms with Crippen LogP contribution >= 0.6 is 23.1 Å². The number of aliphatic imine (C=N–C) groups is 1. The summed E-state index contributed by atoms with van der Waals surface area (Å²) in [7, 11) is 0. The van der Waals surface area contributed by atoms with Crippen molar-refractivity contribution in [1.82, 2.24) is 15.1 Å². The summed E-state index contributed by atoms with van der Waals surface area (Å²) in [6.07, 6.45) is 4.36. The van der Waals surface area contributed by atoms with Crippen molar-refractivity contribution in [2.24, 2.45) is 4.99 Å². The molecule has 0 unspecified atom stereocenters. The summed E-state index contributed by atoms with van der Waals surface area (Å²) in [5, 5.41) is 10.2. The first-order valence-corrected chi connectivity index (χ1v) is 10.2. The van der Waals surface area contributed by atoms with Crippen LogP contribution in [-0.4, -0.2) is 39.3 Å². The van der Waals surface area contributed by atoms with E-state index in [1.165, 1.54) is 23.1 Å². The van der Waals surface area contributed by atoms with Gasteiger partial charge in [0, 0.05) is 6.54 Å². The van der Waals surface area contributed by atoms with Crippen molar-refractivity contribution < 1.29 is 9.53 Å². The Morgan fingerprint density at radius 2 is 2.04 bits per heavy atom. The molecule has 0 N–H and O–H groups in total. The summed E-state index contributed by atoms with van der Waals surface area (Å²) < 4.78 is 5.45. The molecular weight excluding hydrogens is 380 g/mol. The fourth-order valence-electron chi connectivity index (χ4n) is 2.37. The van der Waals surface area contributed by atoms with Gasteiger partial charge in [-0.05, 0) is 48.9 Å². The molecular formula is C19H20N4O2S2. The molecule has 8 heteroatoms. The number of thioether (sulfide) groups is 1. The van der Waals surface area contributed by atoms with E-state index in [1.54, 1.807) is 11.0 Å². The number of carbonyl (C=O) groups is 1. The molecule has 0 saturated carbocycles. The number of hydrogen-bond acceptors (Lipinski definition) is 7. The van der Waals surface area contributed by atoms with E-state index in [0.29, 0.717) is 28.4 Å². The van der Waals surface area contributed by atoms with Gasteiger partial charge >= 0.3 is 0 Å². The minimum Gasteiger partial charge on any atom is -0.494 e. The summed E-state index contributed by atoms with van der Waals surface area (Å²) in [6, 6.07) is 7.64. The van der Waals surface area contributed by atoms with E-state index < -0.39 is 0 Å². The van der Waals surface area contributed by atoms with Crippen LogP contribution in [0.25, 0.3) is 6.08 Å². The Labute approximate surface area is 166 Å². The van der Waals surface area contributed by atoms with Gasteiger partial charge in [0.1, 0.15) is 10.8 Å². The largest absolute Gasteiger partial charge is 0.494 e. The molecule has 27 heavy (non-hydrogen) atoms. The number of amides is 1. The molecule has 1 aliphatic rings. The first-order valence-electron chi connectivity index (χ1n) is 8.60. The van der Waals surface area contributed by atoms with Crippen LogP contribution in [0.15, 0.2) is 46.8 Å². The maximum absolute atomic E-state index is 12.8. The van der Waals surface area contributed by atoms with Crippen LogP contribution in [0.5, 0.6) is 5.75 Å². The standard InChI is InChI=1S/C19H20N4O2S2/c1-4-11-23-17(24)15(12-13-7-9-14(10-8-13)25-6-3)26-19(23)20-18-22-21-16(5-2)27-18/h4,7-10,12H,1,5-6,11H2,2-3H3/b15-12+,20-19?. The number of benzene rings is 1. The van der Waals surface area contributed by atoms with Crippen molar-refractivity contribution in [3.05, 3.63) is 52.4 Å². The summed E-state index contributed by atoms with van der Waals surface area (Å²) in [5.74, 6) is 0.719. The molecule has 0 radical (unpaired) electrons. The highest BCUT2D eigenvalue weighted by Gasteiger charge is 2.32. The van der Waals surface area contributed by atoms with Crippen LogP contribution in [-0.2, 0) is 11.2 Å². The summed E-state index contributed by atoms with van der Waals surface area (Å²) in [4.78, 5) is 19.5. The first-order chi connectivity index (χ1) is 13.1. The Morgan fingerprint density at radius 3 is 2.67 bits per heavy atom. The lowest BCUT2D eigenvalue weighted by molar-refractivity contribution is -0.121. The lowest BCUT2D eigenvalue weighted by Crippen LogP contribution is -2.29. The lowest BCUT2D eigenvalue weighted by atomic mass is 10.2. The van der Waals surface area contributed by atoms with Gasteiger partial charge in [0.2, 0.25) is 5.13 Å². The average molecular weight is 401 g/mol. The van der Waals surface area contributed by atoms with E-state index in [1.807, 2.05) is 44.2 Å². The van der Waals surface area contributed by atoms with Crippen LogP contribution in [0.3, 0.4) is 0 Å². The van der Waals surface area contributed by atoms with Crippen molar-refractivity contribution in [2.75, 3.05) is 13.2 Å². The molecule has 1 amide bonds. The second kappa shape index (κ2) is 8.96. The second-order valence-corrected chi connectivity index (χ2v) is 7.59. The summed E-state index contributed by atoms with van der Waals surface area (Å²) >= 11 is 2.77. The molecule has 0 atom stereocenters. The zero-order valence-corrected chi connectivity index (χ0v) is 16.8. The minimum atomic E-state index is -0.0900. The smallest absolute Gasteiger partial charge is 0.267 e. The van der Waals surface area contributed by atoms with Crippen molar-refractivity contribution in [3.63, 3.8) is 0 Å². The predicted molar refractivity (Wildman–Crippen MR) is 111 cm³/mol. The van der Waals surface area contributed by atoms with E-state index in [0.717, 1.165) is 22.7 Å². The topological polar surface area (TPSA) is 67.7 Å². The maximum atomic E-state index is 12.8. The van der Waals surface area contributed by atoms with Crippen molar-refractivity contribution in [2.45, 2.75) is 20.3 Å². The minimum absolute atomic E-state index is 0.0900. The van der Waals surface area contributed by atoms with Crippen LogP contribution in [0.2, 0.25) is 0 Å². The molecule has 1 fully saturated rings. The van der Waals surface area contributed by atoms with Gasteiger partial charge in [-0.2, -0.15) is 4.99 Å². The zero-order valence-electron chi connectivity index (χ0n) is 15.2. The predicted octanol–water partition coefficient (Wildman–Crippen LogP) is 4.29. The number of aromatic nitrogens is 2. The third-order valence-corrected chi connectivity index (χ3v) is 5.61. The zero-order chi connectivity index (χ0) is 19.2. The second-order valence-electron chi connectivity index (χ2n) is 5.54. The van der Waals surface area contributed by atoms with Gasteiger partial charge in [0.15, 0.2) is 5.17 Å². The fourth-order valence-corrected chi connectivity index (χ4v) is 4.07. The highest BCUT2D eigenvalue weighted by atomic mass is 32.2. The molecule has 0 spiro atoms. The highest BCUT2D eigenvalue weighted by Crippen LogP contribution is 2.34. The molecule has 1 saturated heterocycles. The Kier molecular flexibility index (Phi) is 6.41. The molecule has 1 aromatic heterocycles. The monoisotopic (exact) mass is 400 g/mol. The first kappa shape index (κ1) is 19.3. The molecule has 3 rings (SSSR count). The van der Waals surface area contributed by atoms with Gasteiger partial charge in [-0.15, -0.1) is 16.8 Å². The third-order valence-electron chi connectivity index (χ3n) is 3.64. The van der Waals surface area contributed by atoms with Crippen molar-refractivity contribution in [1.29, 1.82) is 0 Å². The van der Waals surface area contributed by atoms with Crippen LogP contribution in [0, 0.1) is 0 Å². The molecule has 1 aromatic carbocycles. The molecule has 2 aromatic rings. The van der Waals surface area contributed by atoms with E-state index in [2.05, 4.69) is 21.8 Å². The van der Waals surface area contributed by atoms with E-state index in [4.69, 9.17) is 4.74 Å². The molecule has 0 aliphatic carbocycles. The van der Waals surface area contributed by atoms with Gasteiger partial charge < -0.3 is 4.74 Å². The normalized spacial score (nSPS) is 17.1. The number of nitrogens with zero attached hydrogens (tertiary/aromatic N) is 4. The molecule has 6 nitrogen and oxygen atoms in total. The Morgan fingerprint density at radius 1 is 1.26 bits per heavy atom. The lowest BCUT2D eigenvalue weighted by Gasteiger charge is -2.11. The average Bonchev–Trinajstić information content (AvgIpc) is 3.24. The van der Waals surface area contributed by atoms with E-state index in [-0.39, 0.29) is 5.91 Å². The number of ether oxygens (including phenoxy) is 1. The Hall–Kier alpha value is -2.45. The number of carbonyl (C=O) groups excluding carboxylic acids is 1. The molecule has 140 valence electrons. The number of rotatable bonds is 7. The van der Waals surface area contributed by atoms with Crippen molar-refractivity contribution >= 4 is 45.4 Å². The fraction of sp³-hybridized carbons (Fsp3) is 0.263. The van der Waals surface area contributed by atoms with Crippen LogP contribution < -0.4 is 4.74 Å².